The van der Waals surface area contributed by atoms with Crippen molar-refractivity contribution in [3.05, 3.63) is 81.3 Å². The van der Waals surface area contributed by atoms with Gasteiger partial charge >= 0.3 is 0 Å². The van der Waals surface area contributed by atoms with Crippen LogP contribution in [0.15, 0.2) is 60.1 Å². The first kappa shape index (κ1) is 15.3. The summed E-state index contributed by atoms with van der Waals surface area (Å²) in [5, 5.41) is 16.6. The molecule has 25 heavy (non-hydrogen) atoms. The molecule has 0 saturated heterocycles. The topological polar surface area (TPSA) is 88.4 Å². The van der Waals surface area contributed by atoms with Gasteiger partial charge in [0.1, 0.15) is 6.17 Å². The molecule has 8 heteroatoms. The summed E-state index contributed by atoms with van der Waals surface area (Å²) in [6, 6.07) is 13.4. The predicted molar refractivity (Wildman–Crippen MR) is 94.8 cm³/mol. The number of carbonyl (C=O) groups excluding carboxylic acids is 1. The highest BCUT2D eigenvalue weighted by molar-refractivity contribution is 7.13. The molecular weight excluding hydrogens is 340 g/mol. The number of nitro benzene ring substituents is 1. The Balaban J connectivity index is 1.81. The van der Waals surface area contributed by atoms with E-state index >= 15 is 0 Å². The van der Waals surface area contributed by atoms with Crippen molar-refractivity contribution in [3.63, 3.8) is 0 Å². The number of fused-ring (bicyclic) bond motifs is 1. The Bertz CT molecular complexity index is 941. The van der Waals surface area contributed by atoms with Crippen LogP contribution in [0.1, 0.15) is 22.1 Å². The number of carbonyl (C=O) groups is 1. The first-order valence-electron chi connectivity index (χ1n) is 7.48. The number of hydrogen-bond acceptors (Lipinski definition) is 6. The third-order valence-corrected chi connectivity index (χ3v) is 4.74. The molecule has 1 aliphatic heterocycles. The van der Waals surface area contributed by atoms with E-state index in [0.29, 0.717) is 10.7 Å². The van der Waals surface area contributed by atoms with Crippen LogP contribution in [0.4, 0.5) is 16.5 Å². The van der Waals surface area contributed by atoms with Gasteiger partial charge in [0.2, 0.25) is 0 Å². The van der Waals surface area contributed by atoms with E-state index in [1.165, 1.54) is 23.5 Å². The molecule has 0 bridgehead atoms. The number of nitro groups is 1. The number of aromatic nitrogens is 1. The number of thiazole rings is 1. The maximum absolute atomic E-state index is 13.0. The van der Waals surface area contributed by atoms with Crippen molar-refractivity contribution in [2.75, 3.05) is 10.2 Å². The predicted octanol–water partition coefficient (Wildman–Crippen LogP) is 3.82. The normalized spacial score (nSPS) is 16.2. The van der Waals surface area contributed by atoms with Crippen LogP contribution in [0.3, 0.4) is 0 Å². The molecule has 7 nitrogen and oxygen atoms in total. The minimum absolute atomic E-state index is 0.00656. The molecule has 1 aromatic heterocycles. The fraction of sp³-hybridized carbons (Fsp3) is 0.0588. The molecule has 1 atom stereocenters. The smallest absolute Gasteiger partial charge is 0.269 e. The third kappa shape index (κ3) is 2.62. The summed E-state index contributed by atoms with van der Waals surface area (Å²) in [4.78, 5) is 29.3. The van der Waals surface area contributed by atoms with E-state index in [0.717, 1.165) is 11.3 Å². The van der Waals surface area contributed by atoms with Gasteiger partial charge in [-0.1, -0.05) is 12.1 Å². The van der Waals surface area contributed by atoms with Crippen molar-refractivity contribution in [1.82, 2.24) is 4.98 Å². The summed E-state index contributed by atoms with van der Waals surface area (Å²) in [5.74, 6) is -0.160. The quantitative estimate of drug-likeness (QED) is 0.572. The highest BCUT2D eigenvalue weighted by atomic mass is 32.1. The van der Waals surface area contributed by atoms with Crippen molar-refractivity contribution in [1.29, 1.82) is 0 Å². The average molecular weight is 352 g/mol. The van der Waals surface area contributed by atoms with Gasteiger partial charge in [0.15, 0.2) is 5.13 Å². The molecule has 0 radical (unpaired) electrons. The van der Waals surface area contributed by atoms with E-state index in [4.69, 9.17) is 0 Å². The number of para-hydroxylation sites is 1. The fourth-order valence-corrected chi connectivity index (χ4v) is 3.46. The van der Waals surface area contributed by atoms with Crippen LogP contribution in [0.5, 0.6) is 0 Å². The van der Waals surface area contributed by atoms with Gasteiger partial charge in [-0.15, -0.1) is 11.3 Å². The van der Waals surface area contributed by atoms with E-state index in [1.807, 2.05) is 18.2 Å². The second-order valence-corrected chi connectivity index (χ2v) is 6.30. The van der Waals surface area contributed by atoms with E-state index in [-0.39, 0.29) is 11.6 Å². The van der Waals surface area contributed by atoms with Crippen LogP contribution in [0.2, 0.25) is 0 Å². The lowest BCUT2D eigenvalue weighted by Crippen LogP contribution is -2.43. The minimum Gasteiger partial charge on any atom is -0.360 e. The zero-order chi connectivity index (χ0) is 17.4. The van der Waals surface area contributed by atoms with Gasteiger partial charge in [-0.25, -0.2) is 4.98 Å². The van der Waals surface area contributed by atoms with E-state index < -0.39 is 11.1 Å². The number of non-ortho nitro benzene ring substituents is 1. The monoisotopic (exact) mass is 352 g/mol. The lowest BCUT2D eigenvalue weighted by atomic mass is 10.0. The van der Waals surface area contributed by atoms with Gasteiger partial charge in [0.25, 0.3) is 11.6 Å². The molecule has 1 aliphatic rings. The molecule has 1 amide bonds. The molecule has 3 aromatic rings. The molecule has 4 rings (SSSR count). The number of nitrogens with one attached hydrogen (secondary N) is 1. The van der Waals surface area contributed by atoms with E-state index in [9.17, 15) is 14.9 Å². The number of hydrogen-bond donors (Lipinski definition) is 1. The highest BCUT2D eigenvalue weighted by Crippen LogP contribution is 2.37. The lowest BCUT2D eigenvalue weighted by molar-refractivity contribution is -0.384. The van der Waals surface area contributed by atoms with Crippen molar-refractivity contribution in [3.8, 4) is 0 Å². The summed E-state index contributed by atoms with van der Waals surface area (Å²) >= 11 is 1.36. The third-order valence-electron chi connectivity index (χ3n) is 3.97. The molecule has 1 N–H and O–H groups in total. The van der Waals surface area contributed by atoms with Crippen LogP contribution in [0.25, 0.3) is 0 Å². The Labute approximate surface area is 146 Å². The largest absolute Gasteiger partial charge is 0.360 e. The molecule has 124 valence electrons. The number of rotatable bonds is 3. The minimum atomic E-state index is -0.491. The summed E-state index contributed by atoms with van der Waals surface area (Å²) in [5.41, 5.74) is 2.04. The fourth-order valence-electron chi connectivity index (χ4n) is 2.80. The molecule has 1 unspecified atom stereocenters. The zero-order valence-electron chi connectivity index (χ0n) is 12.8. The average Bonchev–Trinajstić information content (AvgIpc) is 3.16. The van der Waals surface area contributed by atoms with Crippen molar-refractivity contribution in [2.24, 2.45) is 0 Å². The SMILES string of the molecule is O=C1c2ccccc2NC(c2ccc([N+](=O)[O-])cc2)N1c1nccs1. The second-order valence-electron chi connectivity index (χ2n) is 5.43. The van der Waals surface area contributed by atoms with Crippen LogP contribution in [-0.2, 0) is 0 Å². The van der Waals surface area contributed by atoms with Crippen LogP contribution in [-0.4, -0.2) is 15.8 Å². The molecule has 0 saturated carbocycles. The van der Waals surface area contributed by atoms with Gasteiger partial charge in [0, 0.05) is 29.4 Å². The Hall–Kier alpha value is -3.26. The first-order valence-corrected chi connectivity index (χ1v) is 8.36. The standard InChI is InChI=1S/C17H12N4O3S/c22-16-13-3-1-2-4-14(13)19-15(20(16)17-18-9-10-25-17)11-5-7-12(8-6-11)21(23)24/h1-10,15,19H. The number of amides is 1. The Morgan fingerprint density at radius 1 is 1.16 bits per heavy atom. The summed E-state index contributed by atoms with van der Waals surface area (Å²) < 4.78 is 0. The molecule has 2 aromatic carbocycles. The Kier molecular flexibility index (Phi) is 3.66. The van der Waals surface area contributed by atoms with Crippen molar-refractivity contribution < 1.29 is 9.72 Å². The molecule has 0 aliphatic carbocycles. The Morgan fingerprint density at radius 3 is 2.60 bits per heavy atom. The molecular formula is C17H12N4O3S. The summed E-state index contributed by atoms with van der Waals surface area (Å²) in [6.45, 7) is 0. The second kappa shape index (κ2) is 5.99. The van der Waals surface area contributed by atoms with Gasteiger partial charge in [0.05, 0.1) is 10.5 Å². The summed E-state index contributed by atoms with van der Waals surface area (Å²) in [7, 11) is 0. The Morgan fingerprint density at radius 2 is 1.92 bits per heavy atom. The van der Waals surface area contributed by atoms with E-state index in [2.05, 4.69) is 10.3 Å². The van der Waals surface area contributed by atoms with Gasteiger partial charge in [-0.2, -0.15) is 0 Å². The highest BCUT2D eigenvalue weighted by Gasteiger charge is 2.35. The number of anilines is 2. The van der Waals surface area contributed by atoms with Gasteiger partial charge in [-0.3, -0.25) is 19.8 Å². The maximum atomic E-state index is 13.0. The maximum Gasteiger partial charge on any atom is 0.269 e. The molecule has 0 spiro atoms. The lowest BCUT2D eigenvalue weighted by Gasteiger charge is -2.36. The van der Waals surface area contributed by atoms with Crippen LogP contribution >= 0.6 is 11.3 Å². The first-order chi connectivity index (χ1) is 12.1. The van der Waals surface area contributed by atoms with E-state index in [1.54, 1.807) is 34.7 Å². The van der Waals surface area contributed by atoms with Gasteiger partial charge < -0.3 is 5.32 Å². The van der Waals surface area contributed by atoms with Crippen LogP contribution < -0.4 is 10.2 Å². The van der Waals surface area contributed by atoms with Crippen molar-refractivity contribution >= 4 is 33.8 Å². The zero-order valence-corrected chi connectivity index (χ0v) is 13.6. The molecule has 2 heterocycles. The molecule has 0 fully saturated rings. The number of nitrogens with zero attached hydrogens (tertiary/aromatic N) is 3. The van der Waals surface area contributed by atoms with Crippen molar-refractivity contribution in [2.45, 2.75) is 6.17 Å². The summed E-state index contributed by atoms with van der Waals surface area (Å²) in [6.07, 6.45) is 1.15. The van der Waals surface area contributed by atoms with Gasteiger partial charge in [-0.05, 0) is 29.8 Å². The van der Waals surface area contributed by atoms with Crippen LogP contribution in [0, 0.1) is 10.1 Å². The number of benzene rings is 2.